The maximum Gasteiger partial charge on any atom is 0.236 e. The SMILES string of the molecule is CCC(C)N(CCOC)C(=O)C(Br)C(C)C. The van der Waals surface area contributed by atoms with E-state index in [1.807, 2.05) is 18.7 Å². The maximum absolute atomic E-state index is 12.2. The van der Waals surface area contributed by atoms with E-state index in [9.17, 15) is 4.79 Å². The smallest absolute Gasteiger partial charge is 0.236 e. The van der Waals surface area contributed by atoms with Crippen LogP contribution >= 0.6 is 15.9 Å². The first-order valence-corrected chi connectivity index (χ1v) is 6.80. The van der Waals surface area contributed by atoms with Crippen LogP contribution in [0.15, 0.2) is 0 Å². The highest BCUT2D eigenvalue weighted by Gasteiger charge is 2.26. The average molecular weight is 294 g/mol. The Hall–Kier alpha value is -0.0900. The number of carbonyl (C=O) groups is 1. The van der Waals surface area contributed by atoms with Crippen LogP contribution < -0.4 is 0 Å². The molecule has 0 aliphatic heterocycles. The third-order valence-corrected chi connectivity index (χ3v) is 4.21. The molecule has 2 unspecified atom stereocenters. The molecule has 0 aromatic carbocycles. The topological polar surface area (TPSA) is 29.5 Å². The summed E-state index contributed by atoms with van der Waals surface area (Å²) in [5.74, 6) is 0.475. The van der Waals surface area contributed by atoms with E-state index < -0.39 is 0 Å². The van der Waals surface area contributed by atoms with Gasteiger partial charge in [0, 0.05) is 19.7 Å². The number of methoxy groups -OCH3 is 1. The number of carbonyl (C=O) groups excluding carboxylic acids is 1. The second-order valence-corrected chi connectivity index (χ2v) is 5.41. The van der Waals surface area contributed by atoms with Gasteiger partial charge in [0.1, 0.15) is 0 Å². The van der Waals surface area contributed by atoms with Gasteiger partial charge in [-0.3, -0.25) is 4.79 Å². The van der Waals surface area contributed by atoms with Crippen molar-refractivity contribution in [2.24, 2.45) is 5.92 Å². The summed E-state index contributed by atoms with van der Waals surface area (Å²) in [6.07, 6.45) is 0.966. The summed E-state index contributed by atoms with van der Waals surface area (Å²) in [6.45, 7) is 9.52. The lowest BCUT2D eigenvalue weighted by molar-refractivity contribution is -0.134. The van der Waals surface area contributed by atoms with Gasteiger partial charge in [-0.2, -0.15) is 0 Å². The molecular formula is C12H24BrNO2. The summed E-state index contributed by atoms with van der Waals surface area (Å²) in [7, 11) is 1.66. The van der Waals surface area contributed by atoms with Crippen LogP contribution in [0, 0.1) is 5.92 Å². The Kier molecular flexibility index (Phi) is 8.02. The number of alkyl halides is 1. The predicted octanol–water partition coefficient (Wildman–Crippen LogP) is 2.68. The van der Waals surface area contributed by atoms with Crippen LogP contribution in [0.5, 0.6) is 0 Å². The van der Waals surface area contributed by atoms with Gasteiger partial charge >= 0.3 is 0 Å². The fourth-order valence-corrected chi connectivity index (χ4v) is 1.66. The molecule has 0 aromatic rings. The van der Waals surface area contributed by atoms with Gasteiger partial charge in [0.2, 0.25) is 5.91 Å². The largest absolute Gasteiger partial charge is 0.383 e. The van der Waals surface area contributed by atoms with E-state index in [1.54, 1.807) is 7.11 Å². The molecule has 0 N–H and O–H groups in total. The molecule has 16 heavy (non-hydrogen) atoms. The third-order valence-electron chi connectivity index (χ3n) is 2.76. The van der Waals surface area contributed by atoms with Crippen molar-refractivity contribution in [1.29, 1.82) is 0 Å². The third kappa shape index (κ3) is 4.83. The lowest BCUT2D eigenvalue weighted by Crippen LogP contribution is -2.45. The molecule has 2 atom stereocenters. The van der Waals surface area contributed by atoms with Crippen LogP contribution in [0.3, 0.4) is 0 Å². The molecule has 0 fully saturated rings. The first kappa shape index (κ1) is 15.9. The van der Waals surface area contributed by atoms with Crippen LogP contribution in [-0.4, -0.2) is 41.9 Å². The number of nitrogens with zero attached hydrogens (tertiary/aromatic N) is 1. The van der Waals surface area contributed by atoms with E-state index in [-0.39, 0.29) is 16.8 Å². The van der Waals surface area contributed by atoms with E-state index in [1.165, 1.54) is 0 Å². The van der Waals surface area contributed by atoms with Gasteiger partial charge in [-0.1, -0.05) is 36.7 Å². The Bertz CT molecular complexity index is 209. The summed E-state index contributed by atoms with van der Waals surface area (Å²) in [6, 6.07) is 0.265. The molecule has 4 heteroatoms. The Morgan fingerprint density at radius 1 is 1.38 bits per heavy atom. The van der Waals surface area contributed by atoms with E-state index >= 15 is 0 Å². The monoisotopic (exact) mass is 293 g/mol. The fraction of sp³-hybridized carbons (Fsp3) is 0.917. The minimum atomic E-state index is -0.0987. The van der Waals surface area contributed by atoms with Crippen molar-refractivity contribution in [2.45, 2.75) is 45.0 Å². The van der Waals surface area contributed by atoms with Crippen LogP contribution in [0.2, 0.25) is 0 Å². The molecule has 0 heterocycles. The number of halogens is 1. The molecule has 0 aromatic heterocycles. The Labute approximate surface area is 108 Å². The predicted molar refractivity (Wildman–Crippen MR) is 70.9 cm³/mol. The van der Waals surface area contributed by atoms with Gasteiger partial charge in [-0.05, 0) is 19.3 Å². The van der Waals surface area contributed by atoms with Gasteiger partial charge in [-0.15, -0.1) is 0 Å². The van der Waals surface area contributed by atoms with E-state index in [4.69, 9.17) is 4.74 Å². The van der Waals surface area contributed by atoms with Crippen LogP contribution in [0.4, 0.5) is 0 Å². The lowest BCUT2D eigenvalue weighted by atomic mass is 10.1. The molecule has 0 saturated carbocycles. The van der Waals surface area contributed by atoms with Crippen molar-refractivity contribution in [2.75, 3.05) is 20.3 Å². The standard InChI is InChI=1S/C12H24BrNO2/c1-6-10(4)14(7-8-16-5)12(15)11(13)9(2)3/h9-11H,6-8H2,1-5H3. The molecule has 96 valence electrons. The molecule has 0 saturated heterocycles. The van der Waals surface area contributed by atoms with Crippen molar-refractivity contribution < 1.29 is 9.53 Å². The first-order chi connectivity index (χ1) is 7.45. The van der Waals surface area contributed by atoms with Crippen molar-refractivity contribution in [3.8, 4) is 0 Å². The van der Waals surface area contributed by atoms with E-state index in [0.717, 1.165) is 6.42 Å². The number of hydrogen-bond acceptors (Lipinski definition) is 2. The van der Waals surface area contributed by atoms with Crippen LogP contribution in [0.25, 0.3) is 0 Å². The number of amides is 1. The van der Waals surface area contributed by atoms with Gasteiger partial charge in [0.25, 0.3) is 0 Å². The zero-order valence-electron chi connectivity index (χ0n) is 11.0. The second-order valence-electron chi connectivity index (χ2n) is 4.43. The van der Waals surface area contributed by atoms with Gasteiger partial charge in [0.15, 0.2) is 0 Å². The summed E-state index contributed by atoms with van der Waals surface area (Å²) in [5, 5.41) is 0. The molecule has 3 nitrogen and oxygen atoms in total. The minimum Gasteiger partial charge on any atom is -0.383 e. The van der Waals surface area contributed by atoms with Gasteiger partial charge in [0.05, 0.1) is 11.4 Å². The molecule has 0 rings (SSSR count). The normalized spacial score (nSPS) is 14.9. The highest BCUT2D eigenvalue weighted by atomic mass is 79.9. The number of hydrogen-bond donors (Lipinski definition) is 0. The lowest BCUT2D eigenvalue weighted by Gasteiger charge is -2.31. The second kappa shape index (κ2) is 8.07. The molecule has 0 radical (unpaired) electrons. The number of ether oxygens (including phenoxy) is 1. The van der Waals surface area contributed by atoms with Crippen molar-refractivity contribution in [3.05, 3.63) is 0 Å². The quantitative estimate of drug-likeness (QED) is 0.676. The molecule has 1 amide bonds. The fourth-order valence-electron chi connectivity index (χ4n) is 1.40. The van der Waals surface area contributed by atoms with Gasteiger partial charge < -0.3 is 9.64 Å². The van der Waals surface area contributed by atoms with Crippen molar-refractivity contribution in [1.82, 2.24) is 4.90 Å². The van der Waals surface area contributed by atoms with E-state index in [2.05, 4.69) is 29.8 Å². The summed E-state index contributed by atoms with van der Waals surface area (Å²) < 4.78 is 5.05. The Morgan fingerprint density at radius 3 is 2.31 bits per heavy atom. The summed E-state index contributed by atoms with van der Waals surface area (Å²) >= 11 is 3.47. The number of rotatable bonds is 7. The van der Waals surface area contributed by atoms with Crippen molar-refractivity contribution >= 4 is 21.8 Å². The molecule has 0 bridgehead atoms. The molecule has 0 aliphatic rings. The Balaban J connectivity index is 4.54. The molecule has 0 spiro atoms. The maximum atomic E-state index is 12.2. The molecule has 0 aliphatic carbocycles. The highest BCUT2D eigenvalue weighted by Crippen LogP contribution is 2.17. The van der Waals surface area contributed by atoms with Crippen molar-refractivity contribution in [3.63, 3.8) is 0 Å². The average Bonchev–Trinajstić information content (AvgIpc) is 2.27. The molecular weight excluding hydrogens is 270 g/mol. The summed E-state index contributed by atoms with van der Waals surface area (Å²) in [5.41, 5.74) is 0. The minimum absolute atomic E-state index is 0.0987. The Morgan fingerprint density at radius 2 is 1.94 bits per heavy atom. The van der Waals surface area contributed by atoms with E-state index in [0.29, 0.717) is 19.1 Å². The highest BCUT2D eigenvalue weighted by molar-refractivity contribution is 9.10. The summed E-state index contributed by atoms with van der Waals surface area (Å²) in [4.78, 5) is 14.0. The van der Waals surface area contributed by atoms with Crippen LogP contribution in [0.1, 0.15) is 34.1 Å². The zero-order chi connectivity index (χ0) is 12.7. The first-order valence-electron chi connectivity index (χ1n) is 5.89. The zero-order valence-corrected chi connectivity index (χ0v) is 12.6. The van der Waals surface area contributed by atoms with Gasteiger partial charge in [-0.25, -0.2) is 0 Å². The van der Waals surface area contributed by atoms with Crippen LogP contribution in [-0.2, 0) is 9.53 Å².